The lowest BCUT2D eigenvalue weighted by molar-refractivity contribution is -0.150. The van der Waals surface area contributed by atoms with Gasteiger partial charge in [0.05, 0.1) is 24.5 Å². The Kier molecular flexibility index (Phi) is 5.10. The van der Waals surface area contributed by atoms with Crippen LogP contribution in [0.4, 0.5) is 4.79 Å². The number of ether oxygens (including phenoxy) is 2. The van der Waals surface area contributed by atoms with Gasteiger partial charge in [-0.2, -0.15) is 0 Å². The molecule has 0 bridgehead atoms. The van der Waals surface area contributed by atoms with Crippen LogP contribution in [0, 0.1) is 11.8 Å². The molecule has 1 aliphatic heterocycles. The molecule has 0 aromatic rings. The van der Waals surface area contributed by atoms with E-state index < -0.39 is 35.0 Å². The number of nitrogens with one attached hydrogen (secondary N) is 1. The molecule has 22 heavy (non-hydrogen) atoms. The highest BCUT2D eigenvalue weighted by molar-refractivity contribution is 5.88. The molecule has 1 fully saturated rings. The summed E-state index contributed by atoms with van der Waals surface area (Å²) in [6.45, 7) is 10.5. The molecular weight excluding hydrogens is 288 g/mol. The number of amides is 2. The molecule has 1 N–H and O–H groups in total. The predicted octanol–water partition coefficient (Wildman–Crippen LogP) is 1.86. The zero-order valence-corrected chi connectivity index (χ0v) is 14.4. The van der Waals surface area contributed by atoms with Crippen LogP contribution in [0.1, 0.15) is 48.0 Å². The summed E-state index contributed by atoms with van der Waals surface area (Å²) in [5.74, 6) is -1.85. The monoisotopic (exact) mass is 314 g/mol. The van der Waals surface area contributed by atoms with E-state index in [1.807, 2.05) is 13.8 Å². The second-order valence-corrected chi connectivity index (χ2v) is 7.22. The molecule has 0 aromatic carbocycles. The Balaban J connectivity index is 2.86. The standard InChI is InChI=1S/C15H26N2O5/c1-9(12(19)21-7)10-8-15(5,6)17(11(10)18)16-13(20)22-14(2,3)4/h9-10H,8H2,1-7H3,(H,16,20). The molecule has 0 aliphatic carbocycles. The van der Waals surface area contributed by atoms with E-state index in [9.17, 15) is 14.4 Å². The fraction of sp³-hybridized carbons (Fsp3) is 0.800. The molecule has 0 radical (unpaired) electrons. The Bertz CT molecular complexity index is 467. The normalized spacial score (nSPS) is 22.2. The minimum Gasteiger partial charge on any atom is -0.469 e. The quantitative estimate of drug-likeness (QED) is 0.804. The lowest BCUT2D eigenvalue weighted by atomic mass is 9.87. The molecule has 1 aliphatic rings. The second-order valence-electron chi connectivity index (χ2n) is 7.22. The van der Waals surface area contributed by atoms with Gasteiger partial charge in [-0.3, -0.25) is 9.59 Å². The lowest BCUT2D eigenvalue weighted by Crippen LogP contribution is -2.53. The molecule has 2 amide bonds. The third kappa shape index (κ3) is 4.11. The SMILES string of the molecule is COC(=O)C(C)C1CC(C)(C)N(NC(=O)OC(C)(C)C)C1=O. The van der Waals surface area contributed by atoms with Crippen LogP contribution in [0.3, 0.4) is 0 Å². The van der Waals surface area contributed by atoms with Gasteiger partial charge in [-0.05, 0) is 41.0 Å². The zero-order valence-electron chi connectivity index (χ0n) is 14.4. The van der Waals surface area contributed by atoms with Crippen molar-refractivity contribution in [1.29, 1.82) is 0 Å². The van der Waals surface area contributed by atoms with Gasteiger partial charge in [0.1, 0.15) is 5.60 Å². The number of rotatable bonds is 3. The number of methoxy groups -OCH3 is 1. The average Bonchev–Trinajstić information content (AvgIpc) is 2.58. The van der Waals surface area contributed by atoms with E-state index in [-0.39, 0.29) is 5.91 Å². The molecule has 1 saturated heterocycles. The topological polar surface area (TPSA) is 84.9 Å². The molecule has 0 saturated carbocycles. The number of esters is 1. The third-order valence-corrected chi connectivity index (χ3v) is 3.64. The second kappa shape index (κ2) is 6.14. The lowest BCUT2D eigenvalue weighted by Gasteiger charge is -2.32. The molecule has 1 heterocycles. The van der Waals surface area contributed by atoms with Crippen LogP contribution in [-0.4, -0.2) is 41.2 Å². The van der Waals surface area contributed by atoms with Gasteiger partial charge in [0.2, 0.25) is 5.91 Å². The van der Waals surface area contributed by atoms with Crippen molar-refractivity contribution >= 4 is 18.0 Å². The van der Waals surface area contributed by atoms with Crippen LogP contribution < -0.4 is 5.43 Å². The first-order chi connectivity index (χ1) is 9.89. The fourth-order valence-corrected chi connectivity index (χ4v) is 2.52. The Labute approximate surface area is 131 Å². The highest BCUT2D eigenvalue weighted by Gasteiger charge is 2.50. The first-order valence-electron chi connectivity index (χ1n) is 7.30. The molecule has 1 rings (SSSR count). The van der Waals surface area contributed by atoms with Gasteiger partial charge in [-0.1, -0.05) is 6.92 Å². The van der Waals surface area contributed by atoms with Gasteiger partial charge in [-0.25, -0.2) is 15.2 Å². The first-order valence-corrected chi connectivity index (χ1v) is 7.30. The van der Waals surface area contributed by atoms with E-state index in [1.54, 1.807) is 27.7 Å². The Morgan fingerprint density at radius 2 is 1.91 bits per heavy atom. The summed E-state index contributed by atoms with van der Waals surface area (Å²) in [6.07, 6.45) is -0.252. The van der Waals surface area contributed by atoms with Crippen LogP contribution >= 0.6 is 0 Å². The van der Waals surface area contributed by atoms with Gasteiger partial charge in [0.15, 0.2) is 0 Å². The summed E-state index contributed by atoms with van der Waals surface area (Å²) in [4.78, 5) is 36.1. The number of hydrogen-bond acceptors (Lipinski definition) is 5. The minimum atomic E-state index is -0.694. The van der Waals surface area contributed by atoms with Crippen LogP contribution in [-0.2, 0) is 19.1 Å². The van der Waals surface area contributed by atoms with Crippen molar-refractivity contribution in [2.75, 3.05) is 7.11 Å². The Morgan fingerprint density at radius 1 is 1.36 bits per heavy atom. The Morgan fingerprint density at radius 3 is 2.36 bits per heavy atom. The molecule has 126 valence electrons. The number of carbonyl (C=O) groups excluding carboxylic acids is 3. The molecule has 2 unspecified atom stereocenters. The van der Waals surface area contributed by atoms with Gasteiger partial charge in [0.25, 0.3) is 0 Å². The van der Waals surface area contributed by atoms with Gasteiger partial charge in [0, 0.05) is 0 Å². The zero-order chi connectivity index (χ0) is 17.3. The molecule has 0 aromatic heterocycles. The van der Waals surface area contributed by atoms with Crippen molar-refractivity contribution in [1.82, 2.24) is 10.4 Å². The van der Waals surface area contributed by atoms with E-state index in [0.717, 1.165) is 0 Å². The highest BCUT2D eigenvalue weighted by Crippen LogP contribution is 2.36. The van der Waals surface area contributed by atoms with Crippen LogP contribution in [0.2, 0.25) is 0 Å². The smallest absolute Gasteiger partial charge is 0.426 e. The van der Waals surface area contributed by atoms with E-state index in [0.29, 0.717) is 6.42 Å². The van der Waals surface area contributed by atoms with Crippen molar-refractivity contribution in [3.05, 3.63) is 0 Å². The van der Waals surface area contributed by atoms with E-state index in [2.05, 4.69) is 5.43 Å². The summed E-state index contributed by atoms with van der Waals surface area (Å²) in [7, 11) is 1.29. The molecule has 7 nitrogen and oxygen atoms in total. The largest absolute Gasteiger partial charge is 0.469 e. The Hall–Kier alpha value is -1.79. The number of carbonyl (C=O) groups is 3. The van der Waals surface area contributed by atoms with Gasteiger partial charge in [-0.15, -0.1) is 0 Å². The summed E-state index contributed by atoms with van der Waals surface area (Å²) >= 11 is 0. The predicted molar refractivity (Wildman–Crippen MR) is 79.6 cm³/mol. The minimum absolute atomic E-state index is 0.311. The number of hydrazine groups is 1. The highest BCUT2D eigenvalue weighted by atomic mass is 16.6. The molecule has 7 heteroatoms. The molecule has 0 spiro atoms. The van der Waals surface area contributed by atoms with E-state index in [1.165, 1.54) is 12.1 Å². The van der Waals surface area contributed by atoms with E-state index >= 15 is 0 Å². The van der Waals surface area contributed by atoms with E-state index in [4.69, 9.17) is 9.47 Å². The maximum absolute atomic E-state index is 12.5. The maximum Gasteiger partial charge on any atom is 0.426 e. The average molecular weight is 314 g/mol. The number of hydrogen-bond donors (Lipinski definition) is 1. The van der Waals surface area contributed by atoms with Crippen LogP contribution in [0.25, 0.3) is 0 Å². The van der Waals surface area contributed by atoms with Crippen molar-refractivity contribution in [2.24, 2.45) is 11.8 Å². The molecule has 2 atom stereocenters. The number of nitrogens with zero attached hydrogens (tertiary/aromatic N) is 1. The van der Waals surface area contributed by atoms with Crippen molar-refractivity contribution < 1.29 is 23.9 Å². The summed E-state index contributed by atoms with van der Waals surface area (Å²) < 4.78 is 9.87. The fourth-order valence-electron chi connectivity index (χ4n) is 2.52. The van der Waals surface area contributed by atoms with Crippen molar-refractivity contribution in [2.45, 2.75) is 59.1 Å². The summed E-state index contributed by atoms with van der Waals surface area (Å²) in [5, 5.41) is 1.26. The van der Waals surface area contributed by atoms with Crippen LogP contribution in [0.5, 0.6) is 0 Å². The third-order valence-electron chi connectivity index (χ3n) is 3.64. The van der Waals surface area contributed by atoms with Crippen molar-refractivity contribution in [3.63, 3.8) is 0 Å². The van der Waals surface area contributed by atoms with Gasteiger partial charge < -0.3 is 9.47 Å². The first kappa shape index (κ1) is 18.3. The maximum atomic E-state index is 12.5. The van der Waals surface area contributed by atoms with Crippen LogP contribution in [0.15, 0.2) is 0 Å². The summed E-state index contributed by atoms with van der Waals surface area (Å²) in [6, 6.07) is 0. The van der Waals surface area contributed by atoms with Gasteiger partial charge >= 0.3 is 12.1 Å². The van der Waals surface area contributed by atoms with Crippen molar-refractivity contribution in [3.8, 4) is 0 Å². The summed E-state index contributed by atoms with van der Waals surface area (Å²) in [5.41, 5.74) is 1.22. The molecular formula is C15H26N2O5.